The molecule has 0 radical (unpaired) electrons. The third kappa shape index (κ3) is 11.2. The van der Waals surface area contributed by atoms with Crippen LogP contribution in [0.25, 0.3) is 0 Å². The van der Waals surface area contributed by atoms with Crippen molar-refractivity contribution in [3.63, 3.8) is 0 Å². The van der Waals surface area contributed by atoms with Crippen molar-refractivity contribution in [1.29, 1.82) is 0 Å². The number of hydrogen-bond acceptors (Lipinski definition) is 5. The van der Waals surface area contributed by atoms with Gasteiger partial charge in [0.05, 0.1) is 13.2 Å². The van der Waals surface area contributed by atoms with Crippen LogP contribution in [0.15, 0.2) is 12.2 Å². The summed E-state index contributed by atoms with van der Waals surface area (Å²) in [6.07, 6.45) is 3.08. The minimum atomic E-state index is -4.59. The first kappa shape index (κ1) is 14.3. The first-order chi connectivity index (χ1) is 6.95. The maximum Gasteiger partial charge on any atom is 0.496 e. The maximum absolute atomic E-state index is 10.7. The average Bonchev–Trinajstić information content (AvgIpc) is 2.09. The molecule has 15 heavy (non-hydrogen) atoms. The first-order valence-corrected chi connectivity index (χ1v) is 5.65. The number of rotatable bonds is 7. The fraction of sp³-hybridized carbons (Fsp3) is 0.571. The number of esters is 1. The van der Waals surface area contributed by atoms with Gasteiger partial charge in [0, 0.05) is 12.5 Å². The molecule has 8 heteroatoms. The Hall–Kier alpha value is -0.720. The summed E-state index contributed by atoms with van der Waals surface area (Å²) in [6.45, 7) is 1.69. The van der Waals surface area contributed by atoms with Crippen molar-refractivity contribution < 1.29 is 33.4 Å². The molecule has 0 aliphatic rings. The summed E-state index contributed by atoms with van der Waals surface area (Å²) in [7, 11) is -4.59. The Morgan fingerprint density at radius 3 is 2.60 bits per heavy atom. The van der Waals surface area contributed by atoms with Crippen molar-refractivity contribution in [1.82, 2.24) is 0 Å². The van der Waals surface area contributed by atoms with Gasteiger partial charge in [-0.3, -0.25) is 0 Å². The third-order valence-electron chi connectivity index (χ3n) is 1.07. The summed E-state index contributed by atoms with van der Waals surface area (Å²) in [4.78, 5) is 31.3. The monoisotopic (exact) mass is 240 g/mol. The predicted octanol–water partition coefficient (Wildman–Crippen LogP) is 0.537. The SMILES string of the molecule is CC=CC(=O)OCCCOOP(=O)(O)O. The van der Waals surface area contributed by atoms with Crippen LogP contribution >= 0.6 is 7.82 Å². The summed E-state index contributed by atoms with van der Waals surface area (Å²) < 4.78 is 18.5. The molecule has 0 aromatic heterocycles. The fourth-order valence-corrected chi connectivity index (χ4v) is 0.793. The summed E-state index contributed by atoms with van der Waals surface area (Å²) in [5, 5.41) is 0. The molecule has 0 atom stereocenters. The molecular weight excluding hydrogens is 227 g/mol. The van der Waals surface area contributed by atoms with Gasteiger partial charge in [-0.25, -0.2) is 14.2 Å². The van der Waals surface area contributed by atoms with E-state index < -0.39 is 13.8 Å². The third-order valence-corrected chi connectivity index (χ3v) is 1.37. The molecule has 2 N–H and O–H groups in total. The van der Waals surface area contributed by atoms with Gasteiger partial charge in [-0.2, -0.15) is 0 Å². The fourth-order valence-electron chi connectivity index (χ4n) is 0.581. The second kappa shape index (κ2) is 7.56. The van der Waals surface area contributed by atoms with Crippen molar-refractivity contribution >= 4 is 13.8 Å². The van der Waals surface area contributed by atoms with E-state index in [0.717, 1.165) is 0 Å². The van der Waals surface area contributed by atoms with Gasteiger partial charge < -0.3 is 14.5 Å². The molecule has 88 valence electrons. The minimum Gasteiger partial charge on any atom is -0.462 e. The van der Waals surface area contributed by atoms with Crippen LogP contribution in [-0.2, 0) is 23.7 Å². The van der Waals surface area contributed by atoms with Crippen LogP contribution in [0.3, 0.4) is 0 Å². The van der Waals surface area contributed by atoms with Crippen molar-refractivity contribution in [2.75, 3.05) is 13.2 Å². The van der Waals surface area contributed by atoms with Crippen LogP contribution in [0, 0.1) is 0 Å². The molecule has 0 aliphatic heterocycles. The summed E-state index contributed by atoms with van der Waals surface area (Å²) in [5.41, 5.74) is 0. The highest BCUT2D eigenvalue weighted by Gasteiger charge is 2.14. The quantitative estimate of drug-likeness (QED) is 0.167. The topological polar surface area (TPSA) is 102 Å². The van der Waals surface area contributed by atoms with Crippen molar-refractivity contribution in [3.8, 4) is 0 Å². The van der Waals surface area contributed by atoms with E-state index >= 15 is 0 Å². The van der Waals surface area contributed by atoms with Gasteiger partial charge >= 0.3 is 13.8 Å². The number of ether oxygens (including phenoxy) is 1. The lowest BCUT2D eigenvalue weighted by Gasteiger charge is -2.04. The van der Waals surface area contributed by atoms with E-state index in [2.05, 4.69) is 14.3 Å². The Balaban J connectivity index is 3.33. The molecule has 0 bridgehead atoms. The molecule has 0 rings (SSSR count). The van der Waals surface area contributed by atoms with Crippen LogP contribution in [-0.4, -0.2) is 29.0 Å². The van der Waals surface area contributed by atoms with E-state index in [1.807, 2.05) is 0 Å². The van der Waals surface area contributed by atoms with Crippen LogP contribution in [0.1, 0.15) is 13.3 Å². The molecule has 0 aromatic rings. The van der Waals surface area contributed by atoms with E-state index in [1.165, 1.54) is 12.2 Å². The van der Waals surface area contributed by atoms with Crippen LogP contribution in [0.5, 0.6) is 0 Å². The summed E-state index contributed by atoms with van der Waals surface area (Å²) in [6, 6.07) is 0. The number of allylic oxidation sites excluding steroid dienone is 1. The zero-order chi connectivity index (χ0) is 11.7. The zero-order valence-corrected chi connectivity index (χ0v) is 9.05. The molecule has 0 saturated heterocycles. The zero-order valence-electron chi connectivity index (χ0n) is 8.16. The summed E-state index contributed by atoms with van der Waals surface area (Å²) in [5.74, 6) is -0.478. The van der Waals surface area contributed by atoms with Gasteiger partial charge in [0.15, 0.2) is 0 Å². The van der Waals surface area contributed by atoms with Crippen LogP contribution in [0.4, 0.5) is 0 Å². The molecule has 7 nitrogen and oxygen atoms in total. The molecule has 0 saturated carbocycles. The predicted molar refractivity (Wildman–Crippen MR) is 49.5 cm³/mol. The van der Waals surface area contributed by atoms with E-state index in [-0.39, 0.29) is 19.6 Å². The van der Waals surface area contributed by atoms with E-state index in [1.54, 1.807) is 6.92 Å². The lowest BCUT2D eigenvalue weighted by molar-refractivity contribution is -0.223. The lowest BCUT2D eigenvalue weighted by atomic mass is 10.5. The van der Waals surface area contributed by atoms with E-state index in [4.69, 9.17) is 9.79 Å². The molecule has 0 aromatic carbocycles. The van der Waals surface area contributed by atoms with Crippen LogP contribution in [0.2, 0.25) is 0 Å². The minimum absolute atomic E-state index is 0.0752. The lowest BCUT2D eigenvalue weighted by Crippen LogP contribution is -2.05. The molecule has 0 unspecified atom stereocenters. The second-order valence-electron chi connectivity index (χ2n) is 2.41. The standard InChI is InChI=1S/C7H13O7P/c1-2-4-7(8)12-5-3-6-13-14-15(9,10)11/h2,4H,3,5-6H2,1H3,(H2,9,10,11). The van der Waals surface area contributed by atoms with Crippen molar-refractivity contribution in [2.24, 2.45) is 0 Å². The molecule has 0 fully saturated rings. The summed E-state index contributed by atoms with van der Waals surface area (Å²) >= 11 is 0. The van der Waals surface area contributed by atoms with Crippen LogP contribution < -0.4 is 0 Å². The molecule has 0 amide bonds. The van der Waals surface area contributed by atoms with Gasteiger partial charge in [-0.05, 0) is 6.92 Å². The van der Waals surface area contributed by atoms with E-state index in [0.29, 0.717) is 0 Å². The van der Waals surface area contributed by atoms with E-state index in [9.17, 15) is 9.36 Å². The van der Waals surface area contributed by atoms with Crippen molar-refractivity contribution in [2.45, 2.75) is 13.3 Å². The number of phosphoric acid groups is 1. The number of hydrogen-bond donors (Lipinski definition) is 2. The number of carbonyl (C=O) groups excluding carboxylic acids is 1. The first-order valence-electron chi connectivity index (χ1n) is 4.12. The largest absolute Gasteiger partial charge is 0.496 e. The van der Waals surface area contributed by atoms with Gasteiger partial charge in [0.2, 0.25) is 0 Å². The molecule has 0 aliphatic carbocycles. The maximum atomic E-state index is 10.7. The van der Waals surface area contributed by atoms with Gasteiger partial charge in [-0.15, -0.1) is 4.67 Å². The van der Waals surface area contributed by atoms with Gasteiger partial charge in [0.1, 0.15) is 0 Å². The highest BCUT2D eigenvalue weighted by atomic mass is 31.2. The smallest absolute Gasteiger partial charge is 0.462 e. The normalized spacial score (nSPS) is 11.9. The average molecular weight is 240 g/mol. The molecular formula is C7H13O7P. The highest BCUT2D eigenvalue weighted by Crippen LogP contribution is 2.35. The second-order valence-corrected chi connectivity index (χ2v) is 3.54. The number of carbonyl (C=O) groups is 1. The Morgan fingerprint density at radius 2 is 2.07 bits per heavy atom. The Labute approximate surface area is 86.8 Å². The molecule has 0 heterocycles. The van der Waals surface area contributed by atoms with Gasteiger partial charge in [0.25, 0.3) is 0 Å². The van der Waals surface area contributed by atoms with Crippen molar-refractivity contribution in [3.05, 3.63) is 12.2 Å². The molecule has 0 spiro atoms. The Kier molecular flexibility index (Phi) is 7.19. The highest BCUT2D eigenvalue weighted by molar-refractivity contribution is 7.46. The Morgan fingerprint density at radius 1 is 1.40 bits per heavy atom. The van der Waals surface area contributed by atoms with Gasteiger partial charge in [-0.1, -0.05) is 6.08 Å². The Bertz CT molecular complexity index is 256.